The van der Waals surface area contributed by atoms with E-state index in [0.717, 1.165) is 64.2 Å². The molecule has 0 rings (SSSR count). The fourth-order valence-corrected chi connectivity index (χ4v) is 7.57. The SMILES string of the molecule is CCCCCCC/C=C\C/C=C\CCCCCCCCCCCC(=O)OC(CCCCCCCCCCCCC)CCCCCCCC(=O)NCC(=O)NC(CO)C(=O)O. The van der Waals surface area contributed by atoms with E-state index in [1.54, 1.807) is 0 Å². The summed E-state index contributed by atoms with van der Waals surface area (Å²) in [4.78, 5) is 47.7. The Labute approximate surface area is 368 Å². The molecule has 9 heteroatoms. The largest absolute Gasteiger partial charge is 0.480 e. The number of rotatable bonds is 46. The minimum atomic E-state index is -1.38. The smallest absolute Gasteiger partial charge is 0.328 e. The first-order valence-corrected chi connectivity index (χ1v) is 25.2. The number of amides is 2. The number of unbranched alkanes of at least 4 members (excludes halogenated alkanes) is 28. The molecule has 2 amide bonds. The summed E-state index contributed by atoms with van der Waals surface area (Å²) in [5.74, 6) is -2.28. The molecule has 0 spiro atoms. The maximum absolute atomic E-state index is 12.9. The third kappa shape index (κ3) is 42.0. The third-order valence-electron chi connectivity index (χ3n) is 11.5. The van der Waals surface area contributed by atoms with E-state index in [-0.39, 0.29) is 24.5 Å². The Morgan fingerprint density at radius 1 is 0.500 bits per heavy atom. The van der Waals surface area contributed by atoms with Crippen LogP contribution in [-0.2, 0) is 23.9 Å². The number of hydrogen-bond donors (Lipinski definition) is 4. The molecule has 9 nitrogen and oxygen atoms in total. The van der Waals surface area contributed by atoms with Crippen molar-refractivity contribution in [1.82, 2.24) is 10.6 Å². The van der Waals surface area contributed by atoms with Gasteiger partial charge in [-0.15, -0.1) is 0 Å². The van der Waals surface area contributed by atoms with Crippen LogP contribution < -0.4 is 10.6 Å². The predicted molar refractivity (Wildman–Crippen MR) is 250 cm³/mol. The number of aliphatic hydroxyl groups excluding tert-OH is 1. The Morgan fingerprint density at radius 3 is 1.33 bits per heavy atom. The van der Waals surface area contributed by atoms with Crippen LogP contribution in [0.15, 0.2) is 24.3 Å². The van der Waals surface area contributed by atoms with Crippen molar-refractivity contribution in [3.05, 3.63) is 24.3 Å². The minimum absolute atomic E-state index is 0.0122. The lowest BCUT2D eigenvalue weighted by atomic mass is 10.0. The van der Waals surface area contributed by atoms with Crippen LogP contribution in [-0.4, -0.2) is 59.3 Å². The summed E-state index contributed by atoms with van der Waals surface area (Å²) in [5, 5.41) is 22.6. The Hall–Kier alpha value is -2.68. The van der Waals surface area contributed by atoms with E-state index < -0.39 is 24.5 Å². The van der Waals surface area contributed by atoms with Gasteiger partial charge >= 0.3 is 11.9 Å². The molecule has 0 saturated carbocycles. The number of carboxylic acid groups (broad SMARTS) is 1. The molecule has 0 aliphatic heterocycles. The molecule has 0 aromatic carbocycles. The molecule has 2 atom stereocenters. The second-order valence-corrected chi connectivity index (χ2v) is 17.3. The van der Waals surface area contributed by atoms with E-state index in [2.05, 4.69) is 48.8 Å². The van der Waals surface area contributed by atoms with E-state index >= 15 is 0 Å². The van der Waals surface area contributed by atoms with Crippen molar-refractivity contribution in [3.63, 3.8) is 0 Å². The van der Waals surface area contributed by atoms with Gasteiger partial charge in [-0.1, -0.05) is 192 Å². The number of allylic oxidation sites excluding steroid dienone is 4. The zero-order valence-electron chi connectivity index (χ0n) is 39.0. The molecule has 60 heavy (non-hydrogen) atoms. The number of aliphatic carboxylic acids is 1. The van der Waals surface area contributed by atoms with E-state index in [1.165, 1.54) is 154 Å². The third-order valence-corrected chi connectivity index (χ3v) is 11.5. The zero-order valence-corrected chi connectivity index (χ0v) is 39.0. The molecule has 0 fully saturated rings. The maximum Gasteiger partial charge on any atom is 0.328 e. The highest BCUT2D eigenvalue weighted by Crippen LogP contribution is 2.19. The van der Waals surface area contributed by atoms with Crippen LogP contribution in [0.4, 0.5) is 0 Å². The standard InChI is InChI=1S/C51H94N2O7/c1-3-5-7-9-11-13-15-16-17-18-19-20-21-22-23-24-26-28-30-35-39-43-50(57)60-46(40-36-32-29-27-25-14-12-10-8-6-4-2)41-37-33-31-34-38-42-48(55)52-44-49(56)53-47(45-54)51(58)59/h15-16,18-19,46-47,54H,3-14,17,20-45H2,1-2H3,(H,52,55)(H,53,56)(H,58,59)/b16-15-,19-18-. The van der Waals surface area contributed by atoms with Gasteiger partial charge in [-0.25, -0.2) is 4.79 Å². The summed E-state index contributed by atoms with van der Waals surface area (Å²) >= 11 is 0. The quantitative estimate of drug-likeness (QED) is 0.0271. The highest BCUT2D eigenvalue weighted by Gasteiger charge is 2.19. The molecule has 0 aromatic rings. The second kappa shape index (κ2) is 45.8. The summed E-state index contributed by atoms with van der Waals surface area (Å²) in [6.45, 7) is 3.50. The monoisotopic (exact) mass is 847 g/mol. The first-order chi connectivity index (χ1) is 29.3. The van der Waals surface area contributed by atoms with Crippen LogP contribution in [0.25, 0.3) is 0 Å². The number of carbonyl (C=O) groups is 4. The van der Waals surface area contributed by atoms with Gasteiger partial charge in [0.15, 0.2) is 0 Å². The van der Waals surface area contributed by atoms with Gasteiger partial charge in [0.25, 0.3) is 0 Å². The molecule has 0 aliphatic rings. The molecule has 0 saturated heterocycles. The van der Waals surface area contributed by atoms with Gasteiger partial charge in [0.2, 0.25) is 11.8 Å². The van der Waals surface area contributed by atoms with Crippen molar-refractivity contribution in [3.8, 4) is 0 Å². The van der Waals surface area contributed by atoms with Crippen LogP contribution in [0.2, 0.25) is 0 Å². The number of carboxylic acids is 1. The molecular weight excluding hydrogens is 753 g/mol. The molecular formula is C51H94N2O7. The molecule has 350 valence electrons. The maximum atomic E-state index is 12.9. The van der Waals surface area contributed by atoms with E-state index in [0.29, 0.717) is 19.3 Å². The molecule has 0 aromatic heterocycles. The summed E-state index contributed by atoms with van der Waals surface area (Å²) in [7, 11) is 0. The van der Waals surface area contributed by atoms with Crippen molar-refractivity contribution in [1.29, 1.82) is 0 Å². The number of nitrogens with one attached hydrogen (secondary N) is 2. The number of esters is 1. The Kier molecular flexibility index (Phi) is 43.8. The first kappa shape index (κ1) is 57.3. The second-order valence-electron chi connectivity index (χ2n) is 17.3. The fraction of sp³-hybridized carbons (Fsp3) is 0.843. The number of ether oxygens (including phenoxy) is 1. The fourth-order valence-electron chi connectivity index (χ4n) is 7.57. The van der Waals surface area contributed by atoms with Crippen molar-refractivity contribution in [2.75, 3.05) is 13.2 Å². The predicted octanol–water partition coefficient (Wildman–Crippen LogP) is 13.2. The van der Waals surface area contributed by atoms with Gasteiger partial charge in [-0.2, -0.15) is 0 Å². The van der Waals surface area contributed by atoms with Crippen LogP contribution in [0, 0.1) is 0 Å². The number of carbonyl (C=O) groups excluding carboxylic acids is 3. The molecule has 4 N–H and O–H groups in total. The summed E-state index contributed by atoms with van der Waals surface area (Å²) in [5.41, 5.74) is 0. The summed E-state index contributed by atoms with van der Waals surface area (Å²) in [6, 6.07) is -1.38. The average Bonchev–Trinajstić information content (AvgIpc) is 3.23. The highest BCUT2D eigenvalue weighted by molar-refractivity contribution is 5.87. The van der Waals surface area contributed by atoms with Crippen LogP contribution in [0.1, 0.15) is 251 Å². The summed E-state index contributed by atoms with van der Waals surface area (Å²) in [6.07, 6.45) is 52.1. The Balaban J connectivity index is 4.20. The lowest BCUT2D eigenvalue weighted by Gasteiger charge is -2.18. The zero-order chi connectivity index (χ0) is 44.0. The Bertz CT molecular complexity index is 1060. The van der Waals surface area contributed by atoms with Crippen LogP contribution in [0.3, 0.4) is 0 Å². The average molecular weight is 847 g/mol. The Morgan fingerprint density at radius 2 is 0.900 bits per heavy atom. The van der Waals surface area contributed by atoms with Gasteiger partial charge in [-0.3, -0.25) is 14.4 Å². The van der Waals surface area contributed by atoms with E-state index in [4.69, 9.17) is 14.9 Å². The van der Waals surface area contributed by atoms with E-state index in [1.807, 2.05) is 0 Å². The van der Waals surface area contributed by atoms with Crippen molar-refractivity contribution >= 4 is 23.8 Å². The van der Waals surface area contributed by atoms with Crippen molar-refractivity contribution in [2.24, 2.45) is 0 Å². The molecule has 2 unspecified atom stereocenters. The van der Waals surface area contributed by atoms with Gasteiger partial charge in [0, 0.05) is 12.8 Å². The molecule has 0 radical (unpaired) electrons. The topological polar surface area (TPSA) is 142 Å². The van der Waals surface area contributed by atoms with Crippen molar-refractivity contribution in [2.45, 2.75) is 264 Å². The van der Waals surface area contributed by atoms with Crippen LogP contribution >= 0.6 is 0 Å². The van der Waals surface area contributed by atoms with Crippen LogP contribution in [0.5, 0.6) is 0 Å². The summed E-state index contributed by atoms with van der Waals surface area (Å²) < 4.78 is 6.06. The van der Waals surface area contributed by atoms with Gasteiger partial charge in [0.1, 0.15) is 12.1 Å². The molecule has 0 bridgehead atoms. The van der Waals surface area contributed by atoms with Gasteiger partial charge in [-0.05, 0) is 70.6 Å². The van der Waals surface area contributed by atoms with E-state index in [9.17, 15) is 19.2 Å². The highest BCUT2D eigenvalue weighted by atomic mass is 16.5. The normalized spacial score (nSPS) is 12.6. The first-order valence-electron chi connectivity index (χ1n) is 25.2. The number of aliphatic hydroxyl groups is 1. The lowest BCUT2D eigenvalue weighted by Crippen LogP contribution is -2.47. The van der Waals surface area contributed by atoms with Gasteiger partial charge in [0.05, 0.1) is 13.2 Å². The molecule has 0 aliphatic carbocycles. The van der Waals surface area contributed by atoms with Gasteiger partial charge < -0.3 is 25.6 Å². The number of hydrogen-bond acceptors (Lipinski definition) is 6. The van der Waals surface area contributed by atoms with Crippen molar-refractivity contribution < 1.29 is 34.1 Å². The lowest BCUT2D eigenvalue weighted by molar-refractivity contribution is -0.150. The minimum Gasteiger partial charge on any atom is -0.480 e. The molecule has 0 heterocycles.